The van der Waals surface area contributed by atoms with Gasteiger partial charge in [-0.15, -0.1) is 0 Å². The van der Waals surface area contributed by atoms with Crippen molar-refractivity contribution in [3.63, 3.8) is 0 Å². The summed E-state index contributed by atoms with van der Waals surface area (Å²) in [6.07, 6.45) is 2.38. The second-order valence-corrected chi connectivity index (χ2v) is 7.19. The van der Waals surface area contributed by atoms with Crippen LogP contribution in [0.1, 0.15) is 49.3 Å². The lowest BCUT2D eigenvalue weighted by molar-refractivity contribution is -0.149. The standard InChI is InChI=1S/C20H24F3N5O/c21-20(22,23)17(24)12-5-4-8-14(11-12)28-18(25)16-15(9-10-26-19(16)29)27-13-6-2-1-3-7-13/h4-5,8-11,13,17H,1-3,6-7,24H2,(H2,25,28)(H2,26,27,29)/t17-/m1/s1. The number of benzene rings is 1. The molecule has 0 spiro atoms. The van der Waals surface area contributed by atoms with Crippen molar-refractivity contribution in [1.29, 1.82) is 0 Å². The van der Waals surface area contributed by atoms with Crippen LogP contribution in [0.25, 0.3) is 0 Å². The van der Waals surface area contributed by atoms with Gasteiger partial charge < -0.3 is 21.8 Å². The molecule has 0 saturated heterocycles. The van der Waals surface area contributed by atoms with Crippen molar-refractivity contribution in [3.8, 4) is 0 Å². The quantitative estimate of drug-likeness (QED) is 0.447. The van der Waals surface area contributed by atoms with E-state index in [0.717, 1.165) is 25.7 Å². The van der Waals surface area contributed by atoms with Gasteiger partial charge in [0.25, 0.3) is 5.56 Å². The van der Waals surface area contributed by atoms with Crippen LogP contribution in [-0.2, 0) is 0 Å². The number of rotatable bonds is 5. The van der Waals surface area contributed by atoms with E-state index in [2.05, 4.69) is 15.3 Å². The van der Waals surface area contributed by atoms with Crippen molar-refractivity contribution in [2.75, 3.05) is 5.32 Å². The van der Waals surface area contributed by atoms with Crippen molar-refractivity contribution >= 4 is 17.2 Å². The van der Waals surface area contributed by atoms with Crippen LogP contribution in [0.4, 0.5) is 24.5 Å². The van der Waals surface area contributed by atoms with Crippen LogP contribution in [-0.4, -0.2) is 23.0 Å². The van der Waals surface area contributed by atoms with E-state index in [0.29, 0.717) is 5.69 Å². The zero-order valence-corrected chi connectivity index (χ0v) is 15.8. The number of nitrogens with one attached hydrogen (secondary N) is 2. The number of halogens is 3. The first kappa shape index (κ1) is 20.9. The molecular formula is C20H24F3N5O. The van der Waals surface area contributed by atoms with E-state index in [-0.39, 0.29) is 28.7 Å². The molecule has 6 N–H and O–H groups in total. The number of aliphatic imine (C=N–C) groups is 1. The van der Waals surface area contributed by atoms with Crippen LogP contribution in [0.3, 0.4) is 0 Å². The number of aromatic amines is 1. The number of hydrogen-bond donors (Lipinski definition) is 4. The Hall–Kier alpha value is -2.81. The number of H-pyrrole nitrogens is 1. The monoisotopic (exact) mass is 407 g/mol. The molecule has 3 rings (SSSR count). The lowest BCUT2D eigenvalue weighted by atomic mass is 9.95. The summed E-state index contributed by atoms with van der Waals surface area (Å²) < 4.78 is 38.6. The van der Waals surface area contributed by atoms with Crippen LogP contribution in [0, 0.1) is 0 Å². The molecule has 1 saturated carbocycles. The molecule has 0 aliphatic heterocycles. The smallest absolute Gasteiger partial charge is 0.383 e. The fourth-order valence-corrected chi connectivity index (χ4v) is 3.49. The first-order chi connectivity index (χ1) is 13.8. The molecule has 1 aliphatic carbocycles. The number of aromatic nitrogens is 1. The predicted molar refractivity (Wildman–Crippen MR) is 107 cm³/mol. The third-order valence-corrected chi connectivity index (χ3v) is 5.01. The highest BCUT2D eigenvalue weighted by Crippen LogP contribution is 2.32. The topological polar surface area (TPSA) is 109 Å². The van der Waals surface area contributed by atoms with Gasteiger partial charge in [-0.2, -0.15) is 13.2 Å². The molecule has 1 heterocycles. The van der Waals surface area contributed by atoms with Gasteiger partial charge in [0.1, 0.15) is 17.4 Å². The molecule has 0 radical (unpaired) electrons. The van der Waals surface area contributed by atoms with Crippen molar-refractivity contribution in [2.45, 2.75) is 50.4 Å². The van der Waals surface area contributed by atoms with Crippen LogP contribution in [0.5, 0.6) is 0 Å². The highest BCUT2D eigenvalue weighted by Gasteiger charge is 2.37. The van der Waals surface area contributed by atoms with E-state index < -0.39 is 17.8 Å². The third-order valence-electron chi connectivity index (χ3n) is 5.01. The number of alkyl halides is 3. The van der Waals surface area contributed by atoms with Crippen molar-refractivity contribution in [3.05, 3.63) is 58.0 Å². The number of nitrogens with zero attached hydrogens (tertiary/aromatic N) is 1. The molecule has 1 aromatic heterocycles. The normalized spacial score (nSPS) is 17.2. The number of pyridine rings is 1. The van der Waals surface area contributed by atoms with E-state index in [1.807, 2.05) is 0 Å². The minimum atomic E-state index is -4.57. The van der Waals surface area contributed by atoms with Crippen LogP contribution < -0.4 is 22.3 Å². The summed E-state index contributed by atoms with van der Waals surface area (Å²) in [6, 6.07) is 5.25. The number of hydrogen-bond acceptors (Lipinski definition) is 4. The maximum atomic E-state index is 12.9. The van der Waals surface area contributed by atoms with Crippen LogP contribution in [0.2, 0.25) is 0 Å². The van der Waals surface area contributed by atoms with Crippen LogP contribution >= 0.6 is 0 Å². The minimum Gasteiger partial charge on any atom is -0.383 e. The van der Waals surface area contributed by atoms with E-state index in [4.69, 9.17) is 11.5 Å². The Kier molecular flexibility index (Phi) is 6.26. The van der Waals surface area contributed by atoms with Gasteiger partial charge in [0.2, 0.25) is 0 Å². The zero-order chi connectivity index (χ0) is 21.0. The number of amidine groups is 1. The molecule has 6 nitrogen and oxygen atoms in total. The Labute approximate surface area is 166 Å². The zero-order valence-electron chi connectivity index (χ0n) is 15.8. The van der Waals surface area contributed by atoms with Gasteiger partial charge in [-0.3, -0.25) is 4.79 Å². The summed E-state index contributed by atoms with van der Waals surface area (Å²) in [6.45, 7) is 0. The van der Waals surface area contributed by atoms with Gasteiger partial charge >= 0.3 is 6.18 Å². The molecule has 0 bridgehead atoms. The van der Waals surface area contributed by atoms with Gasteiger partial charge in [0.05, 0.1) is 11.4 Å². The van der Waals surface area contributed by atoms with Crippen LogP contribution in [0.15, 0.2) is 46.3 Å². The van der Waals surface area contributed by atoms with Gasteiger partial charge in [-0.1, -0.05) is 31.4 Å². The molecular weight excluding hydrogens is 383 g/mol. The summed E-state index contributed by atoms with van der Waals surface area (Å²) in [4.78, 5) is 19.1. The molecule has 2 aromatic rings. The van der Waals surface area contributed by atoms with E-state index in [1.54, 1.807) is 6.07 Å². The van der Waals surface area contributed by atoms with Crippen molar-refractivity contribution in [2.24, 2.45) is 16.5 Å². The Balaban J connectivity index is 1.91. The van der Waals surface area contributed by atoms with E-state index >= 15 is 0 Å². The molecule has 1 atom stereocenters. The number of nitrogens with two attached hydrogens (primary N) is 2. The molecule has 156 valence electrons. The fraction of sp³-hybridized carbons (Fsp3) is 0.400. The molecule has 1 aliphatic rings. The van der Waals surface area contributed by atoms with Gasteiger partial charge in [-0.05, 0) is 36.6 Å². The SMILES string of the molecule is NC(=Nc1cccc([C@@H](N)C(F)(F)F)c1)c1c(NC2CCCCC2)cc[nH]c1=O. The van der Waals surface area contributed by atoms with E-state index in [1.165, 1.54) is 36.9 Å². The maximum Gasteiger partial charge on any atom is 0.407 e. The summed E-state index contributed by atoms with van der Waals surface area (Å²) >= 11 is 0. The van der Waals surface area contributed by atoms with Gasteiger partial charge in [-0.25, -0.2) is 4.99 Å². The lowest BCUT2D eigenvalue weighted by Gasteiger charge is -2.24. The molecule has 0 amide bonds. The Morgan fingerprint density at radius 3 is 2.62 bits per heavy atom. The fourth-order valence-electron chi connectivity index (χ4n) is 3.49. The summed E-state index contributed by atoms with van der Waals surface area (Å²) in [5.41, 5.74) is 11.7. The molecule has 1 fully saturated rings. The number of anilines is 1. The average molecular weight is 407 g/mol. The Bertz CT molecular complexity index is 932. The minimum absolute atomic E-state index is 0.0807. The maximum absolute atomic E-state index is 12.9. The third kappa shape index (κ3) is 5.17. The van der Waals surface area contributed by atoms with Gasteiger partial charge in [0.15, 0.2) is 0 Å². The Morgan fingerprint density at radius 2 is 1.93 bits per heavy atom. The summed E-state index contributed by atoms with van der Waals surface area (Å²) in [7, 11) is 0. The summed E-state index contributed by atoms with van der Waals surface area (Å²) in [5, 5.41) is 3.36. The largest absolute Gasteiger partial charge is 0.407 e. The molecule has 1 aromatic carbocycles. The molecule has 29 heavy (non-hydrogen) atoms. The van der Waals surface area contributed by atoms with Crippen molar-refractivity contribution in [1.82, 2.24) is 4.98 Å². The average Bonchev–Trinajstić information content (AvgIpc) is 2.67. The second-order valence-electron chi connectivity index (χ2n) is 7.19. The van der Waals surface area contributed by atoms with Crippen molar-refractivity contribution < 1.29 is 13.2 Å². The molecule has 0 unspecified atom stereocenters. The second kappa shape index (κ2) is 8.69. The Morgan fingerprint density at radius 1 is 1.21 bits per heavy atom. The van der Waals surface area contributed by atoms with E-state index in [9.17, 15) is 18.0 Å². The predicted octanol–water partition coefficient (Wildman–Crippen LogP) is 3.72. The molecule has 9 heteroatoms. The lowest BCUT2D eigenvalue weighted by Crippen LogP contribution is -2.30. The highest BCUT2D eigenvalue weighted by molar-refractivity contribution is 6.03. The first-order valence-corrected chi connectivity index (χ1v) is 9.50. The highest BCUT2D eigenvalue weighted by atomic mass is 19.4. The van der Waals surface area contributed by atoms with Gasteiger partial charge in [0, 0.05) is 12.2 Å². The summed E-state index contributed by atoms with van der Waals surface area (Å²) in [5.74, 6) is -0.0807. The first-order valence-electron chi connectivity index (χ1n) is 9.50.